The van der Waals surface area contributed by atoms with Gasteiger partial charge in [-0.1, -0.05) is 66.7 Å². The molecule has 0 N–H and O–H groups in total. The minimum Gasteiger partial charge on any atom is -0.288 e. The molecule has 0 aliphatic rings. The number of fused-ring (bicyclic) bond motifs is 5. The minimum absolute atomic E-state index is 0.0222. The first-order chi connectivity index (χ1) is 18.7. The fourth-order valence-corrected chi connectivity index (χ4v) is 8.20. The molecule has 6 aromatic carbocycles. The summed E-state index contributed by atoms with van der Waals surface area (Å²) in [6.45, 7) is 0. The molecule has 0 fully saturated rings. The quantitative estimate of drug-likeness (QED) is 0.0997. The topological polar surface area (TPSA) is 34.1 Å². The number of carbonyl (C=O) groups excluding carboxylic acids is 1. The van der Waals surface area contributed by atoms with E-state index in [4.69, 9.17) is 0 Å². The van der Waals surface area contributed by atoms with E-state index in [0.29, 0.717) is 5.56 Å². The van der Waals surface area contributed by atoms with E-state index in [1.807, 2.05) is 78.9 Å². The van der Waals surface area contributed by atoms with E-state index >= 15 is 0 Å². The summed E-state index contributed by atoms with van der Waals surface area (Å²) >= 11 is 1.25. The lowest BCUT2D eigenvalue weighted by molar-refractivity contribution is 0.108. The maximum absolute atomic E-state index is 13.3. The molecule has 0 atom stereocenters. The molecule has 2 nitrogen and oxygen atoms in total. The Morgan fingerprint density at radius 2 is 1.11 bits per heavy atom. The van der Waals surface area contributed by atoms with E-state index in [9.17, 15) is 9.59 Å². The highest BCUT2D eigenvalue weighted by Gasteiger charge is 2.22. The number of rotatable bonds is 3. The van der Waals surface area contributed by atoms with Crippen molar-refractivity contribution in [2.24, 2.45) is 0 Å². The summed E-state index contributed by atoms with van der Waals surface area (Å²) in [5.41, 5.74) is 0.777. The van der Waals surface area contributed by atoms with Crippen LogP contribution in [0.5, 0.6) is 0 Å². The lowest BCUT2D eigenvalue weighted by Crippen LogP contribution is -2.01. The van der Waals surface area contributed by atoms with Crippen LogP contribution < -0.4 is 5.43 Å². The molecule has 0 saturated heterocycles. The van der Waals surface area contributed by atoms with Crippen molar-refractivity contribution in [3.8, 4) is 4.90 Å². The molecule has 7 rings (SSSR count). The summed E-state index contributed by atoms with van der Waals surface area (Å²) in [5.74, 6) is 0. The summed E-state index contributed by atoms with van der Waals surface area (Å²) in [6.07, 6.45) is 0. The van der Waals surface area contributed by atoms with Gasteiger partial charge in [0.05, 0.1) is 10.8 Å². The maximum atomic E-state index is 13.3. The smallest absolute Gasteiger partial charge is 0.224 e. The Morgan fingerprint density at radius 1 is 0.553 bits per heavy atom. The van der Waals surface area contributed by atoms with Crippen molar-refractivity contribution in [1.29, 1.82) is 0 Å². The number of carbonyl (C=O) groups is 1. The van der Waals surface area contributed by atoms with E-state index < -0.39 is 0 Å². The van der Waals surface area contributed by atoms with Gasteiger partial charge in [0.25, 0.3) is 0 Å². The zero-order valence-electron chi connectivity index (χ0n) is 20.3. The molecule has 1 aromatic heterocycles. The molecule has 0 aliphatic heterocycles. The van der Waals surface area contributed by atoms with E-state index in [-0.39, 0.29) is 21.0 Å². The lowest BCUT2D eigenvalue weighted by Gasteiger charge is -2.07. The first-order valence-electron chi connectivity index (χ1n) is 12.4. The molecule has 0 spiro atoms. The largest absolute Gasteiger partial charge is 0.288 e. The van der Waals surface area contributed by atoms with E-state index in [2.05, 4.69) is 48.5 Å². The zero-order valence-corrected chi connectivity index (χ0v) is 21.9. The van der Waals surface area contributed by atoms with Crippen molar-refractivity contribution < 1.29 is 4.79 Å². The van der Waals surface area contributed by atoms with Crippen LogP contribution in [-0.2, 0) is 0 Å². The Morgan fingerprint density at radius 3 is 1.79 bits per heavy atom. The number of benzene rings is 6. The van der Waals surface area contributed by atoms with Gasteiger partial charge in [0, 0.05) is 20.9 Å². The molecule has 0 saturated carbocycles. The Hall–Kier alpha value is -4.25. The molecule has 0 bridgehead atoms. The van der Waals surface area contributed by atoms with Gasteiger partial charge in [-0.05, 0) is 94.0 Å². The second kappa shape index (κ2) is 9.25. The molecule has 180 valence electrons. The van der Waals surface area contributed by atoms with Crippen LogP contribution in [0.3, 0.4) is 0 Å². The molecular formula is C34H21O2S2+. The zero-order chi connectivity index (χ0) is 25.6. The molecule has 1 heterocycles. The van der Waals surface area contributed by atoms with E-state index in [1.54, 1.807) is 0 Å². The van der Waals surface area contributed by atoms with E-state index in [1.165, 1.54) is 17.1 Å². The molecule has 4 heteroatoms. The van der Waals surface area contributed by atoms with Crippen LogP contribution in [0.15, 0.2) is 137 Å². The summed E-state index contributed by atoms with van der Waals surface area (Å²) in [4.78, 5) is 28.4. The summed E-state index contributed by atoms with van der Waals surface area (Å²) in [6, 6.07) is 42.5. The minimum atomic E-state index is -0.380. The second-order valence-corrected chi connectivity index (χ2v) is 12.2. The fraction of sp³-hybridized carbons (Fsp3) is 0. The lowest BCUT2D eigenvalue weighted by atomic mass is 10.0. The van der Waals surface area contributed by atoms with Crippen molar-refractivity contribution in [1.82, 2.24) is 0 Å². The molecular weight excluding hydrogens is 505 g/mol. The third kappa shape index (κ3) is 3.81. The average Bonchev–Trinajstić information content (AvgIpc) is 2.98. The molecule has 0 radical (unpaired) electrons. The van der Waals surface area contributed by atoms with Gasteiger partial charge in [-0.25, -0.2) is 0 Å². The van der Waals surface area contributed by atoms with Crippen LogP contribution in [0.4, 0.5) is 0 Å². The standard InChI is InChI=1S/C34H21O2S2/c35-33-28-9-3-5-11-31(28)38(32-12-6-4-10-29(32)33)26-19-17-25(18-20-26)37-34(36)24-16-15-23-14-13-22-7-1-2-8-27(22)30(23)21-24/h1-21H/q+1. The first-order valence-corrected chi connectivity index (χ1v) is 14.4. The van der Waals surface area contributed by atoms with Crippen LogP contribution in [0.1, 0.15) is 10.4 Å². The molecule has 0 amide bonds. The van der Waals surface area contributed by atoms with Crippen LogP contribution in [0.2, 0.25) is 0 Å². The first kappa shape index (κ1) is 22.9. The van der Waals surface area contributed by atoms with Crippen molar-refractivity contribution in [3.05, 3.63) is 143 Å². The van der Waals surface area contributed by atoms with Gasteiger partial charge in [0.15, 0.2) is 14.3 Å². The van der Waals surface area contributed by atoms with Gasteiger partial charge < -0.3 is 0 Å². The molecule has 0 unspecified atom stereocenters. The van der Waals surface area contributed by atoms with Crippen LogP contribution >= 0.6 is 22.2 Å². The fourth-order valence-electron chi connectivity index (χ4n) is 5.12. The van der Waals surface area contributed by atoms with Gasteiger partial charge in [-0.15, -0.1) is 0 Å². The Balaban J connectivity index is 1.25. The van der Waals surface area contributed by atoms with Crippen molar-refractivity contribution in [3.63, 3.8) is 0 Å². The van der Waals surface area contributed by atoms with Gasteiger partial charge in [0.1, 0.15) is 0 Å². The van der Waals surface area contributed by atoms with Crippen LogP contribution in [0, 0.1) is 0 Å². The van der Waals surface area contributed by atoms with Crippen molar-refractivity contribution in [2.75, 3.05) is 0 Å². The molecule has 38 heavy (non-hydrogen) atoms. The van der Waals surface area contributed by atoms with Crippen LogP contribution in [0.25, 0.3) is 46.6 Å². The highest BCUT2D eigenvalue weighted by Crippen LogP contribution is 2.43. The van der Waals surface area contributed by atoms with Crippen LogP contribution in [-0.4, -0.2) is 5.12 Å². The predicted octanol–water partition coefficient (Wildman–Crippen LogP) is 9.33. The average molecular weight is 526 g/mol. The van der Waals surface area contributed by atoms with Crippen molar-refractivity contribution >= 4 is 69.1 Å². The molecule has 0 aliphatic carbocycles. The predicted molar refractivity (Wildman–Crippen MR) is 163 cm³/mol. The maximum Gasteiger partial charge on any atom is 0.224 e. The third-order valence-corrected chi connectivity index (χ3v) is 10.2. The third-order valence-electron chi connectivity index (χ3n) is 6.96. The molecule has 7 aromatic rings. The highest BCUT2D eigenvalue weighted by atomic mass is 32.2. The van der Waals surface area contributed by atoms with Gasteiger partial charge in [-0.3, -0.25) is 9.59 Å². The van der Waals surface area contributed by atoms with Crippen molar-refractivity contribution in [2.45, 2.75) is 4.90 Å². The summed E-state index contributed by atoms with van der Waals surface area (Å²) < 4.78 is 2.10. The van der Waals surface area contributed by atoms with E-state index in [0.717, 1.165) is 46.1 Å². The number of hydrogen-bond acceptors (Lipinski definition) is 3. The Labute approximate surface area is 226 Å². The highest BCUT2D eigenvalue weighted by molar-refractivity contribution is 8.14. The Bertz CT molecular complexity index is 2030. The number of thioether (sulfide) groups is 1. The summed E-state index contributed by atoms with van der Waals surface area (Å²) in [7, 11) is -0.380. The van der Waals surface area contributed by atoms with Gasteiger partial charge >= 0.3 is 0 Å². The SMILES string of the molecule is O=C(Sc1ccc(-[s+]2c3ccccc3c(=O)c3ccccc32)cc1)c1ccc2ccc3ccccc3c2c1. The van der Waals surface area contributed by atoms with Gasteiger partial charge in [0.2, 0.25) is 10.5 Å². The Kier molecular flexibility index (Phi) is 5.58. The summed E-state index contributed by atoms with van der Waals surface area (Å²) in [5, 5.41) is 6.10. The van der Waals surface area contributed by atoms with Gasteiger partial charge in [-0.2, -0.15) is 0 Å². The normalized spacial score (nSPS) is 11.5. The second-order valence-electron chi connectivity index (χ2n) is 9.21. The number of hydrogen-bond donors (Lipinski definition) is 0. The monoisotopic (exact) mass is 525 g/mol.